The van der Waals surface area contributed by atoms with Gasteiger partial charge >= 0.3 is 0 Å². The van der Waals surface area contributed by atoms with E-state index in [1.54, 1.807) is 11.9 Å². The van der Waals surface area contributed by atoms with Crippen LogP contribution in [0.3, 0.4) is 0 Å². The third-order valence-electron chi connectivity index (χ3n) is 2.23. The smallest absolute Gasteiger partial charge is 0.110 e. The van der Waals surface area contributed by atoms with Gasteiger partial charge in [-0.25, -0.2) is 0 Å². The summed E-state index contributed by atoms with van der Waals surface area (Å²) in [6.45, 7) is 0. The van der Waals surface area contributed by atoms with Crippen LogP contribution in [0.4, 0.5) is 0 Å². The Balaban J connectivity index is 0. The van der Waals surface area contributed by atoms with Crippen LogP contribution in [0.5, 0.6) is 0 Å². The van der Waals surface area contributed by atoms with Crippen LogP contribution in [0.25, 0.3) is 5.41 Å². The maximum absolute atomic E-state index is 8.01. The first-order chi connectivity index (χ1) is 12.7. The monoisotopic (exact) mass is 492 g/mol. The average molecular weight is 493 g/mol. The molecule has 0 aliphatic heterocycles. The van der Waals surface area contributed by atoms with Crippen molar-refractivity contribution in [2.45, 2.75) is 0 Å². The SMILES string of the molecule is N#CC(=S)C([S-])=C=[N-].[Sb].[c]1ccccc1.[c]1ccccc1.[c]1ccccc1. The van der Waals surface area contributed by atoms with E-state index in [-0.39, 0.29) is 34.2 Å². The van der Waals surface area contributed by atoms with Crippen LogP contribution in [0.2, 0.25) is 0 Å². The standard InChI is InChI=1S/3C6H5.C4HN2S2.Sb/c3*1-2-4-6-5-3-1;5-1-3(7)4(8)2-6;/h3*1-5H;7H;/q;;;-1;/p-1. The Kier molecular flexibility index (Phi) is 21.7. The zero-order chi connectivity index (χ0) is 19.3. The Bertz CT molecular complexity index is 628. The van der Waals surface area contributed by atoms with E-state index in [4.69, 9.17) is 10.7 Å². The fourth-order valence-corrected chi connectivity index (χ4v) is 1.22. The van der Waals surface area contributed by atoms with Crippen molar-refractivity contribution in [2.75, 3.05) is 0 Å². The van der Waals surface area contributed by atoms with E-state index in [9.17, 15) is 0 Å². The molecule has 3 rings (SSSR count). The van der Waals surface area contributed by atoms with Crippen molar-refractivity contribution < 1.29 is 0 Å². The number of nitriles is 1. The predicted octanol–water partition coefficient (Wildman–Crippen LogP) is 4.63. The Morgan fingerprint density at radius 3 is 1.11 bits per heavy atom. The van der Waals surface area contributed by atoms with Gasteiger partial charge in [0, 0.05) is 24.4 Å². The molecule has 3 aromatic carbocycles. The molecule has 27 heavy (non-hydrogen) atoms. The van der Waals surface area contributed by atoms with E-state index in [1.807, 2.05) is 91.0 Å². The van der Waals surface area contributed by atoms with E-state index in [2.05, 4.69) is 43.0 Å². The summed E-state index contributed by atoms with van der Waals surface area (Å²) in [5, 5.41) is 16.0. The number of rotatable bonds is 1. The van der Waals surface area contributed by atoms with Gasteiger partial charge in [-0.05, 0) is 18.2 Å². The van der Waals surface area contributed by atoms with Crippen LogP contribution in [-0.4, -0.2) is 35.2 Å². The van der Waals surface area contributed by atoms with Crippen molar-refractivity contribution in [3.8, 4) is 6.07 Å². The molecular formula is C22H15N2S2Sb-2. The Morgan fingerprint density at radius 2 is 1.04 bits per heavy atom. The molecule has 0 fully saturated rings. The summed E-state index contributed by atoms with van der Waals surface area (Å²) >= 11 is 8.70. The van der Waals surface area contributed by atoms with Gasteiger partial charge in [-0.3, -0.25) is 5.87 Å². The van der Waals surface area contributed by atoms with E-state index in [0.717, 1.165) is 0 Å². The van der Waals surface area contributed by atoms with Crippen LogP contribution < -0.4 is 0 Å². The molecule has 0 N–H and O–H groups in total. The number of thiocarbonyl (C=S) groups is 1. The van der Waals surface area contributed by atoms with Gasteiger partial charge in [0.05, 0.1) is 0 Å². The summed E-state index contributed by atoms with van der Waals surface area (Å²) in [6, 6.07) is 39.1. The van der Waals surface area contributed by atoms with Crippen LogP contribution in [0.15, 0.2) is 95.9 Å². The van der Waals surface area contributed by atoms with E-state index >= 15 is 0 Å². The Labute approximate surface area is 189 Å². The molecule has 0 aliphatic carbocycles. The normalized spacial score (nSPS) is 7.22. The van der Waals surface area contributed by atoms with Crippen molar-refractivity contribution in [2.24, 2.45) is 0 Å². The van der Waals surface area contributed by atoms with E-state index in [0.29, 0.717) is 0 Å². The molecule has 0 spiro atoms. The molecule has 0 saturated heterocycles. The van der Waals surface area contributed by atoms with Gasteiger partial charge in [-0.2, -0.15) is 5.26 Å². The molecule has 0 heterocycles. The molecule has 0 atom stereocenters. The maximum atomic E-state index is 8.01. The number of nitrogens with zero attached hydrogens (tertiary/aromatic N) is 2. The average Bonchev–Trinajstić information content (AvgIpc) is 2.77. The van der Waals surface area contributed by atoms with Gasteiger partial charge in [0.2, 0.25) is 0 Å². The minimum atomic E-state index is -0.109. The van der Waals surface area contributed by atoms with Crippen molar-refractivity contribution in [1.82, 2.24) is 0 Å². The molecule has 0 amide bonds. The quantitative estimate of drug-likeness (QED) is 0.163. The topological polar surface area (TPSA) is 46.1 Å². The van der Waals surface area contributed by atoms with Gasteiger partial charge in [0.15, 0.2) is 0 Å². The van der Waals surface area contributed by atoms with Crippen molar-refractivity contribution in [1.29, 1.82) is 5.26 Å². The maximum Gasteiger partial charge on any atom is 0.110 e. The summed E-state index contributed by atoms with van der Waals surface area (Å²) in [5.41, 5.74) is 0. The molecule has 6 radical (unpaired) electrons. The molecule has 0 aromatic heterocycles. The van der Waals surface area contributed by atoms with Gasteiger partial charge in [0.25, 0.3) is 0 Å². The first-order valence-corrected chi connectivity index (χ1v) is 8.15. The Hall–Kier alpha value is -2.27. The van der Waals surface area contributed by atoms with Crippen molar-refractivity contribution in [3.05, 3.63) is 120 Å². The molecule has 0 aliphatic rings. The fourth-order valence-electron chi connectivity index (χ4n) is 1.13. The zero-order valence-corrected chi connectivity index (χ0v) is 18.5. The molecule has 132 valence electrons. The van der Waals surface area contributed by atoms with E-state index < -0.39 is 0 Å². The summed E-state index contributed by atoms with van der Waals surface area (Å²) in [6.07, 6.45) is 0. The number of hydrogen-bond acceptors (Lipinski definition) is 3. The van der Waals surface area contributed by atoms with Crippen molar-refractivity contribution >= 4 is 60.0 Å². The summed E-state index contributed by atoms with van der Waals surface area (Å²) in [5.74, 6) is 1.58. The number of benzene rings is 3. The summed E-state index contributed by atoms with van der Waals surface area (Å²) in [7, 11) is 0. The third-order valence-corrected chi connectivity index (χ3v) is 2.95. The first-order valence-electron chi connectivity index (χ1n) is 7.34. The predicted molar refractivity (Wildman–Crippen MR) is 119 cm³/mol. The third kappa shape index (κ3) is 19.9. The number of allylic oxidation sites excluding steroid dienone is 1. The molecular weight excluding hydrogens is 478 g/mol. The van der Waals surface area contributed by atoms with Crippen LogP contribution in [0, 0.1) is 29.5 Å². The Morgan fingerprint density at radius 1 is 0.741 bits per heavy atom. The molecule has 0 saturated carbocycles. The summed E-state index contributed by atoms with van der Waals surface area (Å²) < 4.78 is 0. The zero-order valence-electron chi connectivity index (χ0n) is 14.3. The van der Waals surface area contributed by atoms with Crippen molar-refractivity contribution in [3.63, 3.8) is 0 Å². The fraction of sp³-hybridized carbons (Fsp3) is 0. The minimum absolute atomic E-state index is 0. The van der Waals surface area contributed by atoms with Gasteiger partial charge in [-0.15, -0.1) is 4.91 Å². The second kappa shape index (κ2) is 21.8. The van der Waals surface area contributed by atoms with Crippen LogP contribution in [0.1, 0.15) is 0 Å². The second-order valence-corrected chi connectivity index (χ2v) is 4.93. The van der Waals surface area contributed by atoms with Gasteiger partial charge in [0.1, 0.15) is 10.9 Å². The molecule has 0 bridgehead atoms. The van der Waals surface area contributed by atoms with E-state index in [1.165, 1.54) is 0 Å². The second-order valence-electron chi connectivity index (χ2n) is 4.11. The molecule has 0 unspecified atom stereocenters. The van der Waals surface area contributed by atoms with Crippen LogP contribution >= 0.6 is 12.2 Å². The largest absolute Gasteiger partial charge is 0.771 e. The molecule has 3 aromatic rings. The molecule has 5 heteroatoms. The molecule has 2 nitrogen and oxygen atoms in total. The summed E-state index contributed by atoms with van der Waals surface area (Å²) in [4.78, 5) is -0.218. The first kappa shape index (κ1) is 27.0. The number of hydrogen-bond donors (Lipinski definition) is 0. The minimum Gasteiger partial charge on any atom is -0.771 e. The van der Waals surface area contributed by atoms with Gasteiger partial charge in [-0.1, -0.05) is 103 Å². The van der Waals surface area contributed by atoms with Crippen LogP contribution in [-0.2, 0) is 12.6 Å². The van der Waals surface area contributed by atoms with Gasteiger partial charge < -0.3 is 18.0 Å².